The molecule has 2 nitrogen and oxygen atoms in total. The van der Waals surface area contributed by atoms with E-state index < -0.39 is 0 Å². The van der Waals surface area contributed by atoms with Crippen LogP contribution >= 0.6 is 11.6 Å². The maximum absolute atomic E-state index is 13.6. The van der Waals surface area contributed by atoms with Gasteiger partial charge in [-0.25, -0.2) is 4.39 Å². The van der Waals surface area contributed by atoms with Crippen LogP contribution in [0.5, 0.6) is 5.75 Å². The van der Waals surface area contributed by atoms with Crippen molar-refractivity contribution in [3.8, 4) is 5.75 Å². The number of halogens is 2. The van der Waals surface area contributed by atoms with Gasteiger partial charge < -0.3 is 10.1 Å². The van der Waals surface area contributed by atoms with Crippen LogP contribution in [0.3, 0.4) is 0 Å². The lowest BCUT2D eigenvalue weighted by Crippen LogP contribution is -2.15. The Balaban J connectivity index is 1.54. The smallest absolute Gasteiger partial charge is 0.131 e. The molecular formula is C17H17ClFNO. The van der Waals surface area contributed by atoms with Gasteiger partial charge in [-0.3, -0.25) is 0 Å². The van der Waals surface area contributed by atoms with Gasteiger partial charge in [0.15, 0.2) is 0 Å². The average molecular weight is 306 g/mol. The number of hydrogen-bond donors (Lipinski definition) is 1. The normalized spacial score (nSPS) is 14.2. The van der Waals surface area contributed by atoms with E-state index in [4.69, 9.17) is 16.3 Å². The lowest BCUT2D eigenvalue weighted by molar-refractivity contribution is 0.300. The highest BCUT2D eigenvalue weighted by atomic mass is 35.5. The highest BCUT2D eigenvalue weighted by Crippen LogP contribution is 2.21. The Bertz CT molecular complexity index is 611. The zero-order valence-electron chi connectivity index (χ0n) is 11.6. The van der Waals surface area contributed by atoms with E-state index in [9.17, 15) is 4.39 Å². The van der Waals surface area contributed by atoms with Gasteiger partial charge in [-0.15, -0.1) is 0 Å². The van der Waals surface area contributed by atoms with Crippen molar-refractivity contribution in [1.29, 1.82) is 0 Å². The van der Waals surface area contributed by atoms with Crippen molar-refractivity contribution < 1.29 is 9.13 Å². The molecule has 2 aromatic rings. The molecule has 1 saturated carbocycles. The Hall–Kier alpha value is -1.58. The predicted molar refractivity (Wildman–Crippen MR) is 82.0 cm³/mol. The van der Waals surface area contributed by atoms with E-state index in [1.807, 2.05) is 24.3 Å². The van der Waals surface area contributed by atoms with Crippen LogP contribution < -0.4 is 10.1 Å². The molecule has 110 valence electrons. The topological polar surface area (TPSA) is 21.3 Å². The first-order valence-corrected chi connectivity index (χ1v) is 7.47. The second-order valence-corrected chi connectivity index (χ2v) is 5.76. The van der Waals surface area contributed by atoms with Crippen molar-refractivity contribution in [1.82, 2.24) is 5.32 Å². The van der Waals surface area contributed by atoms with Gasteiger partial charge in [0, 0.05) is 23.2 Å². The van der Waals surface area contributed by atoms with E-state index in [0.717, 1.165) is 12.3 Å². The molecule has 0 unspecified atom stereocenters. The van der Waals surface area contributed by atoms with Crippen molar-refractivity contribution in [2.45, 2.75) is 32.0 Å². The summed E-state index contributed by atoms with van der Waals surface area (Å²) in [4.78, 5) is 0. The van der Waals surface area contributed by atoms with Crippen LogP contribution in [-0.4, -0.2) is 6.04 Å². The summed E-state index contributed by atoms with van der Waals surface area (Å²) in [5.41, 5.74) is 1.73. The molecule has 0 bridgehead atoms. The van der Waals surface area contributed by atoms with Crippen LogP contribution in [0.4, 0.5) is 4.39 Å². The first-order chi connectivity index (χ1) is 10.2. The van der Waals surface area contributed by atoms with Gasteiger partial charge in [-0.05, 0) is 42.7 Å². The Morgan fingerprint density at radius 3 is 2.57 bits per heavy atom. The van der Waals surface area contributed by atoms with Crippen LogP contribution in [0, 0.1) is 5.82 Å². The van der Waals surface area contributed by atoms with Gasteiger partial charge in [0.1, 0.15) is 18.2 Å². The van der Waals surface area contributed by atoms with Gasteiger partial charge in [0.05, 0.1) is 0 Å². The molecule has 0 aliphatic heterocycles. The molecule has 1 aliphatic rings. The molecule has 2 aromatic carbocycles. The second-order valence-electron chi connectivity index (χ2n) is 5.32. The Morgan fingerprint density at radius 2 is 1.90 bits per heavy atom. The third-order valence-corrected chi connectivity index (χ3v) is 3.74. The number of ether oxygens (including phenoxy) is 1. The van der Waals surface area contributed by atoms with E-state index in [1.54, 1.807) is 12.1 Å². The molecule has 0 spiro atoms. The van der Waals surface area contributed by atoms with Gasteiger partial charge >= 0.3 is 0 Å². The number of rotatable bonds is 6. The molecule has 0 aromatic heterocycles. The van der Waals surface area contributed by atoms with Gasteiger partial charge in [0.25, 0.3) is 0 Å². The summed E-state index contributed by atoms with van der Waals surface area (Å²) in [6.45, 7) is 1.08. The molecule has 3 rings (SSSR count). The van der Waals surface area contributed by atoms with E-state index in [0.29, 0.717) is 16.6 Å². The molecule has 1 fully saturated rings. The summed E-state index contributed by atoms with van der Waals surface area (Å²) < 4.78 is 19.2. The summed E-state index contributed by atoms with van der Waals surface area (Å²) in [5, 5.41) is 3.85. The minimum absolute atomic E-state index is 0.197. The fourth-order valence-corrected chi connectivity index (χ4v) is 2.21. The van der Waals surface area contributed by atoms with Crippen LogP contribution in [0.15, 0.2) is 42.5 Å². The van der Waals surface area contributed by atoms with Gasteiger partial charge in [-0.2, -0.15) is 0 Å². The first kappa shape index (κ1) is 14.4. The minimum Gasteiger partial charge on any atom is -0.489 e. The summed E-state index contributed by atoms with van der Waals surface area (Å²) in [5.74, 6) is 0.396. The van der Waals surface area contributed by atoms with Crippen molar-refractivity contribution >= 4 is 11.6 Å². The van der Waals surface area contributed by atoms with Crippen molar-refractivity contribution in [2.24, 2.45) is 0 Å². The molecule has 0 amide bonds. The standard InChI is InChI=1S/C17H17ClFNO/c18-14-4-3-13(17(19)9-14)11-21-16-7-1-12(2-8-16)10-20-15-5-6-15/h1-4,7-9,15,20H,5-6,10-11H2. The summed E-state index contributed by atoms with van der Waals surface area (Å²) in [7, 11) is 0. The van der Waals surface area contributed by atoms with Crippen molar-refractivity contribution in [3.63, 3.8) is 0 Å². The fourth-order valence-electron chi connectivity index (χ4n) is 2.05. The minimum atomic E-state index is -0.340. The molecule has 1 aliphatic carbocycles. The van der Waals surface area contributed by atoms with Gasteiger partial charge in [0.2, 0.25) is 0 Å². The molecule has 21 heavy (non-hydrogen) atoms. The maximum Gasteiger partial charge on any atom is 0.131 e. The SMILES string of the molecule is Fc1cc(Cl)ccc1COc1ccc(CNC2CC2)cc1. The predicted octanol–water partition coefficient (Wildman–Crippen LogP) is 4.31. The molecular weight excluding hydrogens is 289 g/mol. The lowest BCUT2D eigenvalue weighted by atomic mass is 10.2. The zero-order chi connectivity index (χ0) is 14.7. The van der Waals surface area contributed by atoms with E-state index in [-0.39, 0.29) is 12.4 Å². The molecule has 0 saturated heterocycles. The van der Waals surface area contributed by atoms with Crippen molar-refractivity contribution in [2.75, 3.05) is 0 Å². The summed E-state index contributed by atoms with van der Waals surface area (Å²) in [6, 6.07) is 13.2. The number of nitrogens with one attached hydrogen (secondary N) is 1. The molecule has 0 radical (unpaired) electrons. The summed E-state index contributed by atoms with van der Waals surface area (Å²) >= 11 is 5.72. The first-order valence-electron chi connectivity index (χ1n) is 7.10. The fraction of sp³-hybridized carbons (Fsp3) is 0.294. The van der Waals surface area contributed by atoms with Gasteiger partial charge in [-0.1, -0.05) is 29.8 Å². The molecule has 4 heteroatoms. The third-order valence-electron chi connectivity index (χ3n) is 3.51. The van der Waals surface area contributed by atoms with Crippen LogP contribution in [-0.2, 0) is 13.2 Å². The largest absolute Gasteiger partial charge is 0.489 e. The van der Waals surface area contributed by atoms with E-state index in [1.165, 1.54) is 24.5 Å². The maximum atomic E-state index is 13.6. The Morgan fingerprint density at radius 1 is 1.14 bits per heavy atom. The molecule has 0 heterocycles. The van der Waals surface area contributed by atoms with Crippen molar-refractivity contribution in [3.05, 3.63) is 64.4 Å². The number of hydrogen-bond acceptors (Lipinski definition) is 2. The number of benzene rings is 2. The molecule has 0 atom stereocenters. The zero-order valence-corrected chi connectivity index (χ0v) is 12.4. The lowest BCUT2D eigenvalue weighted by Gasteiger charge is -2.09. The summed E-state index contributed by atoms with van der Waals surface area (Å²) in [6.07, 6.45) is 2.57. The Labute approximate surface area is 128 Å². The van der Waals surface area contributed by atoms with Crippen LogP contribution in [0.1, 0.15) is 24.0 Å². The van der Waals surface area contributed by atoms with Crippen LogP contribution in [0.2, 0.25) is 5.02 Å². The molecule has 1 N–H and O–H groups in total. The van der Waals surface area contributed by atoms with E-state index in [2.05, 4.69) is 5.32 Å². The highest BCUT2D eigenvalue weighted by molar-refractivity contribution is 6.30. The third kappa shape index (κ3) is 4.19. The Kier molecular flexibility index (Phi) is 4.42. The van der Waals surface area contributed by atoms with E-state index >= 15 is 0 Å². The average Bonchev–Trinajstić information content (AvgIpc) is 3.30. The van der Waals surface area contributed by atoms with Crippen LogP contribution in [0.25, 0.3) is 0 Å². The quantitative estimate of drug-likeness (QED) is 0.858. The second kappa shape index (κ2) is 6.46. The monoisotopic (exact) mass is 305 g/mol. The highest BCUT2D eigenvalue weighted by Gasteiger charge is 2.19.